The van der Waals surface area contributed by atoms with Gasteiger partial charge in [0.15, 0.2) is 5.82 Å². The van der Waals surface area contributed by atoms with E-state index in [9.17, 15) is 18.8 Å². The highest BCUT2D eigenvalue weighted by molar-refractivity contribution is 5.97. The number of amides is 1. The van der Waals surface area contributed by atoms with E-state index >= 15 is 0 Å². The van der Waals surface area contributed by atoms with Crippen molar-refractivity contribution in [2.24, 2.45) is 0 Å². The van der Waals surface area contributed by atoms with Gasteiger partial charge in [0.2, 0.25) is 0 Å². The first-order valence-electron chi connectivity index (χ1n) is 4.76. The van der Waals surface area contributed by atoms with E-state index in [1.54, 1.807) is 0 Å². The van der Waals surface area contributed by atoms with E-state index in [1.807, 2.05) is 5.32 Å². The molecule has 18 heavy (non-hydrogen) atoms. The Labute approximate surface area is 100 Å². The number of hydrogen-bond acceptors (Lipinski definition) is 4. The molecule has 8 heteroatoms. The monoisotopic (exact) mass is 256 g/mol. The molecule has 1 aromatic rings. The average Bonchev–Trinajstić information content (AvgIpc) is 2.27. The van der Waals surface area contributed by atoms with E-state index in [0.29, 0.717) is 0 Å². The second kappa shape index (κ2) is 5.71. The lowest BCUT2D eigenvalue weighted by Crippen LogP contribution is -2.42. The molecular formula is C10H9FN2O5. The fourth-order valence-corrected chi connectivity index (χ4v) is 1.17. The van der Waals surface area contributed by atoms with Gasteiger partial charge in [-0.05, 0) is 6.07 Å². The number of aliphatic carboxylic acids is 2. The van der Waals surface area contributed by atoms with Gasteiger partial charge in [0.05, 0.1) is 18.2 Å². The van der Waals surface area contributed by atoms with Crippen LogP contribution in [0.3, 0.4) is 0 Å². The Hall–Kier alpha value is -2.51. The molecule has 0 radical (unpaired) electrons. The number of pyridine rings is 1. The molecule has 0 fully saturated rings. The van der Waals surface area contributed by atoms with E-state index in [4.69, 9.17) is 10.2 Å². The van der Waals surface area contributed by atoms with Crippen LogP contribution in [-0.2, 0) is 9.59 Å². The fourth-order valence-electron chi connectivity index (χ4n) is 1.17. The Morgan fingerprint density at radius 1 is 1.39 bits per heavy atom. The summed E-state index contributed by atoms with van der Waals surface area (Å²) in [5, 5.41) is 19.1. The second-order valence-corrected chi connectivity index (χ2v) is 3.32. The van der Waals surface area contributed by atoms with Gasteiger partial charge in [-0.2, -0.15) is 0 Å². The van der Waals surface area contributed by atoms with Gasteiger partial charge in [0.1, 0.15) is 6.04 Å². The van der Waals surface area contributed by atoms with Crippen LogP contribution in [0.15, 0.2) is 18.5 Å². The van der Waals surface area contributed by atoms with Crippen LogP contribution in [-0.4, -0.2) is 39.1 Å². The maximum atomic E-state index is 13.2. The Morgan fingerprint density at radius 3 is 2.56 bits per heavy atom. The summed E-state index contributed by atoms with van der Waals surface area (Å²) in [6.07, 6.45) is 1.15. The molecular weight excluding hydrogens is 247 g/mol. The van der Waals surface area contributed by atoms with E-state index < -0.39 is 41.7 Å². The minimum absolute atomic E-state index is 0.401. The third-order valence-corrected chi connectivity index (χ3v) is 2.00. The lowest BCUT2D eigenvalue weighted by Gasteiger charge is -2.12. The molecule has 96 valence electrons. The smallest absolute Gasteiger partial charge is 0.326 e. The molecule has 0 spiro atoms. The van der Waals surface area contributed by atoms with Crippen molar-refractivity contribution in [3.63, 3.8) is 0 Å². The van der Waals surface area contributed by atoms with Gasteiger partial charge >= 0.3 is 11.9 Å². The summed E-state index contributed by atoms with van der Waals surface area (Å²) in [4.78, 5) is 36.1. The highest BCUT2D eigenvalue weighted by atomic mass is 19.1. The van der Waals surface area contributed by atoms with Crippen LogP contribution in [0.1, 0.15) is 16.8 Å². The van der Waals surface area contributed by atoms with Crippen LogP contribution in [0.5, 0.6) is 0 Å². The summed E-state index contributed by atoms with van der Waals surface area (Å²) < 4.78 is 13.2. The Morgan fingerprint density at radius 2 is 2.06 bits per heavy atom. The van der Waals surface area contributed by atoms with Gasteiger partial charge < -0.3 is 15.5 Å². The van der Waals surface area contributed by atoms with Gasteiger partial charge in [-0.15, -0.1) is 0 Å². The van der Waals surface area contributed by atoms with Crippen LogP contribution in [0.25, 0.3) is 0 Å². The lowest BCUT2D eigenvalue weighted by atomic mass is 10.1. The summed E-state index contributed by atoms with van der Waals surface area (Å²) in [7, 11) is 0. The number of rotatable bonds is 5. The van der Waals surface area contributed by atoms with E-state index in [0.717, 1.165) is 18.5 Å². The van der Waals surface area contributed by atoms with Crippen molar-refractivity contribution in [2.45, 2.75) is 12.5 Å². The molecule has 0 saturated heterocycles. The summed E-state index contributed by atoms with van der Waals surface area (Å²) in [6.45, 7) is 0. The zero-order chi connectivity index (χ0) is 13.7. The Balaban J connectivity index is 2.82. The molecule has 1 rings (SSSR count). The molecule has 1 amide bonds. The zero-order valence-corrected chi connectivity index (χ0v) is 8.96. The topological polar surface area (TPSA) is 117 Å². The number of nitrogens with one attached hydrogen (secondary N) is 1. The normalized spacial score (nSPS) is 11.6. The molecule has 1 aromatic heterocycles. The SMILES string of the molecule is O=C(O)C[C@@H](NC(=O)c1ccncc1F)C(=O)O. The van der Waals surface area contributed by atoms with Crippen molar-refractivity contribution in [1.29, 1.82) is 0 Å². The summed E-state index contributed by atoms with van der Waals surface area (Å²) in [5.41, 5.74) is -0.401. The van der Waals surface area contributed by atoms with Crippen molar-refractivity contribution in [3.8, 4) is 0 Å². The van der Waals surface area contributed by atoms with Crippen molar-refractivity contribution < 1.29 is 29.0 Å². The summed E-state index contributed by atoms with van der Waals surface area (Å²) >= 11 is 0. The lowest BCUT2D eigenvalue weighted by molar-refractivity contribution is -0.145. The molecule has 3 N–H and O–H groups in total. The molecule has 1 heterocycles. The Bertz CT molecular complexity index is 491. The molecule has 1 atom stereocenters. The van der Waals surface area contributed by atoms with Crippen LogP contribution < -0.4 is 5.32 Å². The van der Waals surface area contributed by atoms with Crippen LogP contribution in [0, 0.1) is 5.82 Å². The molecule has 7 nitrogen and oxygen atoms in total. The van der Waals surface area contributed by atoms with Crippen molar-refractivity contribution in [2.75, 3.05) is 0 Å². The first-order valence-corrected chi connectivity index (χ1v) is 4.76. The van der Waals surface area contributed by atoms with Gasteiger partial charge in [0, 0.05) is 6.20 Å². The molecule has 0 aliphatic carbocycles. The fraction of sp³-hybridized carbons (Fsp3) is 0.200. The third-order valence-electron chi connectivity index (χ3n) is 2.00. The first kappa shape index (κ1) is 13.6. The van der Waals surface area contributed by atoms with Gasteiger partial charge in [-0.1, -0.05) is 0 Å². The Kier molecular flexibility index (Phi) is 4.30. The van der Waals surface area contributed by atoms with Gasteiger partial charge in [0.25, 0.3) is 5.91 Å². The number of hydrogen-bond donors (Lipinski definition) is 3. The number of aromatic nitrogens is 1. The minimum Gasteiger partial charge on any atom is -0.481 e. The number of halogens is 1. The molecule has 0 unspecified atom stereocenters. The number of carboxylic acids is 2. The first-order chi connectivity index (χ1) is 8.41. The molecule has 0 aliphatic rings. The van der Waals surface area contributed by atoms with Gasteiger partial charge in [-0.25, -0.2) is 9.18 Å². The average molecular weight is 256 g/mol. The predicted molar refractivity (Wildman–Crippen MR) is 55.3 cm³/mol. The predicted octanol–water partition coefficient (Wildman–Crippen LogP) is -0.122. The van der Waals surface area contributed by atoms with Crippen LogP contribution >= 0.6 is 0 Å². The highest BCUT2D eigenvalue weighted by Gasteiger charge is 2.24. The highest BCUT2D eigenvalue weighted by Crippen LogP contribution is 2.05. The summed E-state index contributed by atoms with van der Waals surface area (Å²) in [5.74, 6) is -4.84. The van der Waals surface area contributed by atoms with Gasteiger partial charge in [-0.3, -0.25) is 14.6 Å². The van der Waals surface area contributed by atoms with E-state index in [2.05, 4.69) is 4.98 Å². The minimum atomic E-state index is -1.62. The molecule has 0 aromatic carbocycles. The summed E-state index contributed by atoms with van der Waals surface area (Å²) in [6, 6.07) is -0.563. The molecule has 0 bridgehead atoms. The zero-order valence-electron chi connectivity index (χ0n) is 8.96. The maximum absolute atomic E-state index is 13.2. The van der Waals surface area contributed by atoms with Crippen molar-refractivity contribution >= 4 is 17.8 Å². The van der Waals surface area contributed by atoms with Crippen molar-refractivity contribution in [3.05, 3.63) is 29.8 Å². The number of nitrogens with zero attached hydrogens (tertiary/aromatic N) is 1. The standard InChI is InChI=1S/C10H9FN2O5/c11-6-4-12-2-1-5(6)9(16)13-7(10(17)18)3-8(14)15/h1-2,4,7H,3H2,(H,13,16)(H,14,15)(H,17,18)/t7-/m1/s1. The number of carbonyl (C=O) groups is 3. The van der Waals surface area contributed by atoms with Crippen LogP contribution in [0.2, 0.25) is 0 Å². The maximum Gasteiger partial charge on any atom is 0.326 e. The molecule has 0 aliphatic heterocycles. The quantitative estimate of drug-likeness (QED) is 0.676. The van der Waals surface area contributed by atoms with E-state index in [-0.39, 0.29) is 0 Å². The van der Waals surface area contributed by atoms with E-state index in [1.165, 1.54) is 0 Å². The number of carbonyl (C=O) groups excluding carboxylic acids is 1. The third kappa shape index (κ3) is 3.51. The number of carboxylic acid groups (broad SMARTS) is 2. The second-order valence-electron chi connectivity index (χ2n) is 3.32. The molecule has 0 saturated carbocycles. The van der Waals surface area contributed by atoms with Crippen LogP contribution in [0.4, 0.5) is 4.39 Å². The largest absolute Gasteiger partial charge is 0.481 e. The van der Waals surface area contributed by atoms with Crippen molar-refractivity contribution in [1.82, 2.24) is 10.3 Å².